The molecule has 2 aromatic rings. The molecule has 22 heavy (non-hydrogen) atoms. The normalized spacial score (nSPS) is 10.8. The molecule has 1 aromatic carbocycles. The van der Waals surface area contributed by atoms with Crippen LogP contribution in [0.15, 0.2) is 30.6 Å². The van der Waals surface area contributed by atoms with Crippen molar-refractivity contribution in [3.05, 3.63) is 30.6 Å². The quantitative estimate of drug-likeness (QED) is 0.881. The van der Waals surface area contributed by atoms with Crippen molar-refractivity contribution in [3.63, 3.8) is 0 Å². The van der Waals surface area contributed by atoms with Gasteiger partial charge in [0.25, 0.3) is 0 Å². The molecule has 2 amide bonds. The molecular formula is C15H21N5O2. The zero-order chi connectivity index (χ0) is 16.1. The van der Waals surface area contributed by atoms with E-state index in [1.54, 1.807) is 28.0 Å². The van der Waals surface area contributed by atoms with Crippen LogP contribution in [0.5, 0.6) is 0 Å². The third kappa shape index (κ3) is 3.82. The molecule has 0 fully saturated rings. The van der Waals surface area contributed by atoms with Gasteiger partial charge in [0, 0.05) is 30.9 Å². The Morgan fingerprint density at radius 1 is 1.36 bits per heavy atom. The van der Waals surface area contributed by atoms with Crippen LogP contribution < -0.4 is 5.32 Å². The van der Waals surface area contributed by atoms with Gasteiger partial charge in [-0.1, -0.05) is 0 Å². The van der Waals surface area contributed by atoms with Gasteiger partial charge in [0.15, 0.2) is 5.82 Å². The van der Waals surface area contributed by atoms with Crippen molar-refractivity contribution in [3.8, 4) is 11.4 Å². The van der Waals surface area contributed by atoms with Crippen LogP contribution in [0.3, 0.4) is 0 Å². The minimum absolute atomic E-state index is 0.0177. The summed E-state index contributed by atoms with van der Waals surface area (Å²) in [4.78, 5) is 17.9. The smallest absolute Gasteiger partial charge is 0.322 e. The number of rotatable bonds is 5. The lowest BCUT2D eigenvalue weighted by Gasteiger charge is -2.26. The zero-order valence-electron chi connectivity index (χ0n) is 13.0. The fraction of sp³-hybridized carbons (Fsp3) is 0.400. The van der Waals surface area contributed by atoms with E-state index in [0.29, 0.717) is 18.1 Å². The number of hydrogen-bond donors (Lipinski definition) is 2. The Hall–Kier alpha value is -2.41. The van der Waals surface area contributed by atoms with Crippen LogP contribution in [-0.2, 0) is 7.05 Å². The number of aliphatic hydroxyl groups is 1. The van der Waals surface area contributed by atoms with Gasteiger partial charge in [0.2, 0.25) is 0 Å². The van der Waals surface area contributed by atoms with E-state index in [1.807, 2.05) is 33.0 Å². The second-order valence-corrected chi connectivity index (χ2v) is 5.26. The van der Waals surface area contributed by atoms with E-state index in [-0.39, 0.29) is 18.7 Å². The molecule has 0 spiro atoms. The maximum Gasteiger partial charge on any atom is 0.322 e. The topological polar surface area (TPSA) is 83.3 Å². The maximum absolute atomic E-state index is 12.2. The first kappa shape index (κ1) is 16.0. The van der Waals surface area contributed by atoms with Crippen molar-refractivity contribution in [2.45, 2.75) is 19.9 Å². The summed E-state index contributed by atoms with van der Waals surface area (Å²) in [7, 11) is 1.81. The summed E-state index contributed by atoms with van der Waals surface area (Å²) in [6.45, 7) is 4.06. The first-order valence-electron chi connectivity index (χ1n) is 7.16. The van der Waals surface area contributed by atoms with Gasteiger partial charge in [0.1, 0.15) is 6.33 Å². The molecule has 0 aliphatic heterocycles. The predicted octanol–water partition coefficient (Wildman–Crippen LogP) is 1.72. The lowest BCUT2D eigenvalue weighted by atomic mass is 10.2. The molecule has 0 bridgehead atoms. The summed E-state index contributed by atoms with van der Waals surface area (Å²) in [6, 6.07) is 7.12. The van der Waals surface area contributed by atoms with Crippen LogP contribution >= 0.6 is 0 Å². The van der Waals surface area contributed by atoms with Crippen molar-refractivity contribution in [2.75, 3.05) is 18.5 Å². The molecule has 2 N–H and O–H groups in total. The zero-order valence-corrected chi connectivity index (χ0v) is 13.0. The highest BCUT2D eigenvalue weighted by molar-refractivity contribution is 5.89. The van der Waals surface area contributed by atoms with Gasteiger partial charge in [0.05, 0.1) is 6.61 Å². The fourth-order valence-corrected chi connectivity index (χ4v) is 2.07. The summed E-state index contributed by atoms with van der Waals surface area (Å²) < 4.78 is 1.64. The number of urea groups is 1. The number of carbonyl (C=O) groups excluding carboxylic acids is 1. The largest absolute Gasteiger partial charge is 0.395 e. The van der Waals surface area contributed by atoms with Crippen molar-refractivity contribution >= 4 is 11.7 Å². The number of anilines is 1. The maximum atomic E-state index is 12.2. The van der Waals surface area contributed by atoms with E-state index in [1.165, 1.54) is 0 Å². The van der Waals surface area contributed by atoms with Gasteiger partial charge in [-0.3, -0.25) is 4.68 Å². The third-order valence-electron chi connectivity index (χ3n) is 3.22. The Bertz CT molecular complexity index is 621. The minimum Gasteiger partial charge on any atom is -0.395 e. The van der Waals surface area contributed by atoms with Gasteiger partial charge in [-0.2, -0.15) is 5.10 Å². The molecule has 118 valence electrons. The van der Waals surface area contributed by atoms with E-state index in [4.69, 9.17) is 5.11 Å². The molecule has 7 heteroatoms. The van der Waals surface area contributed by atoms with Crippen LogP contribution in [-0.4, -0.2) is 50.0 Å². The number of nitrogens with zero attached hydrogens (tertiary/aromatic N) is 4. The summed E-state index contributed by atoms with van der Waals surface area (Å²) in [5, 5.41) is 16.1. The van der Waals surface area contributed by atoms with E-state index < -0.39 is 0 Å². The lowest BCUT2D eigenvalue weighted by molar-refractivity contribution is 0.172. The molecule has 1 heterocycles. The van der Waals surface area contributed by atoms with E-state index in [0.717, 1.165) is 5.56 Å². The first-order valence-corrected chi connectivity index (χ1v) is 7.16. The van der Waals surface area contributed by atoms with E-state index in [9.17, 15) is 4.79 Å². The molecule has 0 saturated carbocycles. The average Bonchev–Trinajstić information content (AvgIpc) is 2.91. The van der Waals surface area contributed by atoms with Crippen LogP contribution in [0.1, 0.15) is 13.8 Å². The number of carbonyl (C=O) groups is 1. The summed E-state index contributed by atoms with van der Waals surface area (Å²) in [5.41, 5.74) is 1.57. The summed E-state index contributed by atoms with van der Waals surface area (Å²) in [5.74, 6) is 0.643. The third-order valence-corrected chi connectivity index (χ3v) is 3.22. The van der Waals surface area contributed by atoms with E-state index in [2.05, 4.69) is 15.4 Å². The number of nitrogens with one attached hydrogen (secondary N) is 1. The number of amides is 2. The Balaban J connectivity index is 2.06. The van der Waals surface area contributed by atoms with Crippen LogP contribution in [0, 0.1) is 0 Å². The van der Waals surface area contributed by atoms with Gasteiger partial charge in [-0.05, 0) is 38.1 Å². The number of aliphatic hydroxyl groups excluding tert-OH is 1. The molecule has 1 aromatic heterocycles. The summed E-state index contributed by atoms with van der Waals surface area (Å²) >= 11 is 0. The van der Waals surface area contributed by atoms with Crippen molar-refractivity contribution in [2.24, 2.45) is 7.05 Å². The molecule has 0 aliphatic carbocycles. The van der Waals surface area contributed by atoms with Gasteiger partial charge >= 0.3 is 6.03 Å². The SMILES string of the molecule is CC(C)N(CCO)C(=O)Nc1ccc(-c2ncn(C)n2)cc1. The Kier molecular flexibility index (Phi) is 5.11. The Morgan fingerprint density at radius 2 is 2.05 bits per heavy atom. The van der Waals surface area contributed by atoms with Gasteiger partial charge in [-0.25, -0.2) is 9.78 Å². The second kappa shape index (κ2) is 7.04. The highest BCUT2D eigenvalue weighted by atomic mass is 16.3. The molecule has 0 atom stereocenters. The average molecular weight is 303 g/mol. The van der Waals surface area contributed by atoms with Crippen molar-refractivity contribution in [1.82, 2.24) is 19.7 Å². The Morgan fingerprint density at radius 3 is 2.55 bits per heavy atom. The second-order valence-electron chi connectivity index (χ2n) is 5.26. The molecule has 0 saturated heterocycles. The first-order chi connectivity index (χ1) is 10.5. The number of aryl methyl sites for hydroxylation is 1. The van der Waals surface area contributed by atoms with Crippen molar-refractivity contribution < 1.29 is 9.90 Å². The predicted molar refractivity (Wildman–Crippen MR) is 84.4 cm³/mol. The molecule has 2 rings (SSSR count). The highest BCUT2D eigenvalue weighted by Gasteiger charge is 2.16. The van der Waals surface area contributed by atoms with E-state index >= 15 is 0 Å². The number of hydrogen-bond acceptors (Lipinski definition) is 4. The highest BCUT2D eigenvalue weighted by Crippen LogP contribution is 2.18. The number of benzene rings is 1. The fourth-order valence-electron chi connectivity index (χ4n) is 2.07. The monoisotopic (exact) mass is 303 g/mol. The van der Waals surface area contributed by atoms with Crippen molar-refractivity contribution in [1.29, 1.82) is 0 Å². The summed E-state index contributed by atoms with van der Waals surface area (Å²) in [6.07, 6.45) is 1.64. The minimum atomic E-state index is -0.229. The lowest BCUT2D eigenvalue weighted by Crippen LogP contribution is -2.41. The molecule has 0 radical (unpaired) electrons. The molecule has 7 nitrogen and oxygen atoms in total. The van der Waals surface area contributed by atoms with Gasteiger partial charge < -0.3 is 15.3 Å². The number of aromatic nitrogens is 3. The van der Waals surface area contributed by atoms with Gasteiger partial charge in [-0.15, -0.1) is 0 Å². The molecule has 0 unspecified atom stereocenters. The molecular weight excluding hydrogens is 282 g/mol. The molecule has 0 aliphatic rings. The standard InChI is InChI=1S/C15H21N5O2/c1-11(2)20(8-9-21)15(22)17-13-6-4-12(5-7-13)14-16-10-19(3)18-14/h4-7,10-11,21H,8-9H2,1-3H3,(H,17,22). The van der Waals surface area contributed by atoms with Crippen LogP contribution in [0.25, 0.3) is 11.4 Å². The van der Waals surface area contributed by atoms with Crippen LogP contribution in [0.4, 0.5) is 10.5 Å². The Labute approximate surface area is 129 Å². The van der Waals surface area contributed by atoms with Crippen LogP contribution in [0.2, 0.25) is 0 Å².